The van der Waals surface area contributed by atoms with Crippen molar-refractivity contribution < 1.29 is 9.63 Å². The first-order chi connectivity index (χ1) is 11.0. The van der Waals surface area contributed by atoms with Gasteiger partial charge in [0.05, 0.1) is 6.21 Å². The van der Waals surface area contributed by atoms with Crippen molar-refractivity contribution in [3.63, 3.8) is 0 Å². The van der Waals surface area contributed by atoms with E-state index in [9.17, 15) is 4.79 Å². The van der Waals surface area contributed by atoms with E-state index in [1.807, 2.05) is 36.4 Å². The molecule has 0 saturated carbocycles. The zero-order valence-electron chi connectivity index (χ0n) is 13.1. The number of oxime groups is 1. The van der Waals surface area contributed by atoms with Crippen LogP contribution >= 0.6 is 11.6 Å². The normalized spacial score (nSPS) is 11.0. The summed E-state index contributed by atoms with van der Waals surface area (Å²) < 4.78 is 0. The maximum Gasteiger partial charge on any atom is 0.265 e. The topological polar surface area (TPSA) is 50.7 Å². The molecule has 0 aromatic heterocycles. The second-order valence-electron chi connectivity index (χ2n) is 5.38. The van der Waals surface area contributed by atoms with Gasteiger partial charge >= 0.3 is 0 Å². The SMILES string of the molecule is CC(C)c1ccc(NC(=O)CO/N=C\c2ccc(Cl)cc2)cc1. The van der Waals surface area contributed by atoms with Crippen molar-refractivity contribution >= 4 is 29.4 Å². The van der Waals surface area contributed by atoms with Gasteiger partial charge in [-0.05, 0) is 41.3 Å². The minimum Gasteiger partial charge on any atom is -0.386 e. The van der Waals surface area contributed by atoms with Crippen molar-refractivity contribution in [3.05, 3.63) is 64.7 Å². The second kappa shape index (κ2) is 8.34. The van der Waals surface area contributed by atoms with E-state index in [1.54, 1.807) is 12.1 Å². The molecule has 4 nitrogen and oxygen atoms in total. The third-order valence-corrected chi connectivity index (χ3v) is 3.46. The van der Waals surface area contributed by atoms with Gasteiger partial charge in [0.1, 0.15) is 0 Å². The van der Waals surface area contributed by atoms with Crippen molar-refractivity contribution in [1.82, 2.24) is 0 Å². The van der Waals surface area contributed by atoms with Gasteiger partial charge in [0.2, 0.25) is 0 Å². The molecule has 0 radical (unpaired) electrons. The number of nitrogens with one attached hydrogen (secondary N) is 1. The lowest BCUT2D eigenvalue weighted by Crippen LogP contribution is -2.16. The molecule has 23 heavy (non-hydrogen) atoms. The Morgan fingerprint density at radius 1 is 1.17 bits per heavy atom. The van der Waals surface area contributed by atoms with Crippen LogP contribution in [0.25, 0.3) is 0 Å². The monoisotopic (exact) mass is 330 g/mol. The first-order valence-corrected chi connectivity index (χ1v) is 7.73. The highest BCUT2D eigenvalue weighted by Gasteiger charge is 2.03. The lowest BCUT2D eigenvalue weighted by atomic mass is 10.0. The number of anilines is 1. The number of halogens is 1. The Kier molecular flexibility index (Phi) is 6.18. The van der Waals surface area contributed by atoms with Crippen LogP contribution in [0.3, 0.4) is 0 Å². The van der Waals surface area contributed by atoms with E-state index in [1.165, 1.54) is 11.8 Å². The average Bonchev–Trinajstić information content (AvgIpc) is 2.54. The number of carbonyl (C=O) groups is 1. The first kappa shape index (κ1) is 17.0. The Bertz CT molecular complexity index is 664. The largest absolute Gasteiger partial charge is 0.386 e. The number of hydrogen-bond donors (Lipinski definition) is 1. The van der Waals surface area contributed by atoms with E-state index >= 15 is 0 Å². The fourth-order valence-corrected chi connectivity index (χ4v) is 2.02. The van der Waals surface area contributed by atoms with Crippen molar-refractivity contribution in [2.45, 2.75) is 19.8 Å². The van der Waals surface area contributed by atoms with Gasteiger partial charge in [-0.25, -0.2) is 0 Å². The zero-order chi connectivity index (χ0) is 16.7. The van der Waals surface area contributed by atoms with Crippen LogP contribution in [0.1, 0.15) is 30.9 Å². The van der Waals surface area contributed by atoms with Crippen LogP contribution in [0.4, 0.5) is 5.69 Å². The van der Waals surface area contributed by atoms with E-state index in [0.29, 0.717) is 10.9 Å². The predicted octanol–water partition coefficient (Wildman–Crippen LogP) is 4.45. The molecule has 0 unspecified atom stereocenters. The molecule has 2 aromatic rings. The third-order valence-electron chi connectivity index (χ3n) is 3.20. The summed E-state index contributed by atoms with van der Waals surface area (Å²) in [6.45, 7) is 4.11. The molecule has 0 atom stereocenters. The molecular weight excluding hydrogens is 312 g/mol. The predicted molar refractivity (Wildman–Crippen MR) is 94.2 cm³/mol. The number of amides is 1. The van der Waals surface area contributed by atoms with Crippen molar-refractivity contribution in [2.24, 2.45) is 5.16 Å². The standard InChI is InChI=1S/C18H19ClN2O2/c1-13(2)15-5-9-17(10-6-15)21-18(22)12-23-20-11-14-3-7-16(19)8-4-14/h3-11,13H,12H2,1-2H3,(H,21,22)/b20-11-. The Morgan fingerprint density at radius 2 is 1.83 bits per heavy atom. The third kappa shape index (κ3) is 5.75. The van der Waals surface area contributed by atoms with Gasteiger partial charge in [0.15, 0.2) is 6.61 Å². The number of rotatable bonds is 6. The number of carbonyl (C=O) groups excluding carboxylic acids is 1. The van der Waals surface area contributed by atoms with E-state index in [0.717, 1.165) is 11.3 Å². The number of hydrogen-bond acceptors (Lipinski definition) is 3. The molecule has 2 rings (SSSR count). The summed E-state index contributed by atoms with van der Waals surface area (Å²) in [5, 5.41) is 7.18. The fraction of sp³-hybridized carbons (Fsp3) is 0.222. The van der Waals surface area contributed by atoms with Crippen LogP contribution in [0.2, 0.25) is 5.02 Å². The molecule has 0 saturated heterocycles. The van der Waals surface area contributed by atoms with Gasteiger partial charge in [0.25, 0.3) is 5.91 Å². The summed E-state index contributed by atoms with van der Waals surface area (Å²) in [7, 11) is 0. The summed E-state index contributed by atoms with van der Waals surface area (Å²) in [5.74, 6) is 0.209. The van der Waals surface area contributed by atoms with Crippen molar-refractivity contribution in [2.75, 3.05) is 11.9 Å². The second-order valence-corrected chi connectivity index (χ2v) is 5.82. The minimum absolute atomic E-state index is 0.143. The fourth-order valence-electron chi connectivity index (χ4n) is 1.89. The van der Waals surface area contributed by atoms with Crippen LogP contribution < -0.4 is 5.32 Å². The highest BCUT2D eigenvalue weighted by atomic mass is 35.5. The van der Waals surface area contributed by atoms with Crippen molar-refractivity contribution in [3.8, 4) is 0 Å². The first-order valence-electron chi connectivity index (χ1n) is 7.35. The highest BCUT2D eigenvalue weighted by Crippen LogP contribution is 2.17. The van der Waals surface area contributed by atoms with Gasteiger partial charge in [0, 0.05) is 10.7 Å². The molecule has 0 spiro atoms. The van der Waals surface area contributed by atoms with Crippen LogP contribution in [0.15, 0.2) is 53.7 Å². The van der Waals surface area contributed by atoms with Gasteiger partial charge < -0.3 is 10.2 Å². The number of nitrogens with zero attached hydrogens (tertiary/aromatic N) is 1. The molecule has 0 aliphatic rings. The lowest BCUT2D eigenvalue weighted by molar-refractivity contribution is -0.120. The van der Waals surface area contributed by atoms with E-state index in [-0.39, 0.29) is 12.5 Å². The summed E-state index contributed by atoms with van der Waals surface area (Å²) >= 11 is 5.79. The van der Waals surface area contributed by atoms with Crippen LogP contribution in [0, 0.1) is 0 Å². The Labute approximate surface area is 141 Å². The van der Waals surface area contributed by atoms with Crippen LogP contribution in [0.5, 0.6) is 0 Å². The highest BCUT2D eigenvalue weighted by molar-refractivity contribution is 6.30. The molecule has 0 bridgehead atoms. The van der Waals surface area contributed by atoms with Gasteiger partial charge in [-0.15, -0.1) is 0 Å². The molecule has 5 heteroatoms. The molecule has 0 aliphatic heterocycles. The summed E-state index contributed by atoms with van der Waals surface area (Å²) in [6, 6.07) is 14.9. The lowest BCUT2D eigenvalue weighted by Gasteiger charge is -2.08. The van der Waals surface area contributed by atoms with Crippen LogP contribution in [-0.4, -0.2) is 18.7 Å². The zero-order valence-corrected chi connectivity index (χ0v) is 13.9. The Balaban J connectivity index is 1.77. The molecule has 1 N–H and O–H groups in total. The Morgan fingerprint density at radius 3 is 2.43 bits per heavy atom. The van der Waals surface area contributed by atoms with E-state index in [4.69, 9.17) is 16.4 Å². The summed E-state index contributed by atoms with van der Waals surface area (Å²) in [4.78, 5) is 16.7. The quantitative estimate of drug-likeness (QED) is 0.628. The molecule has 0 heterocycles. The van der Waals surface area contributed by atoms with Crippen LogP contribution in [-0.2, 0) is 9.63 Å². The molecule has 120 valence electrons. The maximum absolute atomic E-state index is 11.8. The van der Waals surface area contributed by atoms with Gasteiger partial charge in [-0.2, -0.15) is 0 Å². The van der Waals surface area contributed by atoms with Gasteiger partial charge in [-0.3, -0.25) is 4.79 Å². The number of benzene rings is 2. The molecular formula is C18H19ClN2O2. The molecule has 2 aromatic carbocycles. The Hall–Kier alpha value is -2.33. The molecule has 0 aliphatic carbocycles. The average molecular weight is 331 g/mol. The maximum atomic E-state index is 11.8. The van der Waals surface area contributed by atoms with E-state index < -0.39 is 0 Å². The minimum atomic E-state index is -0.254. The smallest absolute Gasteiger partial charge is 0.265 e. The summed E-state index contributed by atoms with van der Waals surface area (Å²) in [6.07, 6.45) is 1.53. The van der Waals surface area contributed by atoms with E-state index in [2.05, 4.69) is 24.3 Å². The summed E-state index contributed by atoms with van der Waals surface area (Å²) in [5.41, 5.74) is 2.82. The van der Waals surface area contributed by atoms with Gasteiger partial charge in [-0.1, -0.05) is 54.9 Å². The molecule has 0 fully saturated rings. The van der Waals surface area contributed by atoms with Crippen molar-refractivity contribution in [1.29, 1.82) is 0 Å². The molecule has 1 amide bonds.